The van der Waals surface area contributed by atoms with Crippen LogP contribution in [0.3, 0.4) is 0 Å². The van der Waals surface area contributed by atoms with Gasteiger partial charge in [0.1, 0.15) is 5.82 Å². The minimum atomic E-state index is -0.260. The van der Waals surface area contributed by atoms with Gasteiger partial charge in [0.25, 0.3) is 0 Å². The Morgan fingerprint density at radius 2 is 1.89 bits per heavy atom. The Labute approximate surface area is 120 Å². The zero-order valence-corrected chi connectivity index (χ0v) is 12.4. The van der Waals surface area contributed by atoms with Crippen LogP contribution in [-0.2, 0) is 0 Å². The second-order valence-corrected chi connectivity index (χ2v) is 5.07. The fourth-order valence-electron chi connectivity index (χ4n) is 1.85. The maximum absolute atomic E-state index is 13.0. The van der Waals surface area contributed by atoms with Gasteiger partial charge in [-0.25, -0.2) is 4.39 Å². The predicted octanol–water partition coefficient (Wildman–Crippen LogP) is 4.47. The molecule has 1 rings (SSSR count). The van der Waals surface area contributed by atoms with Crippen molar-refractivity contribution in [3.8, 4) is 0 Å². The molecule has 1 aromatic carbocycles. The van der Waals surface area contributed by atoms with Crippen molar-refractivity contribution < 1.29 is 4.39 Å². The molecule has 0 aromatic heterocycles. The molecule has 0 aliphatic rings. The zero-order valence-electron chi connectivity index (χ0n) is 11.5. The lowest BCUT2D eigenvalue weighted by Crippen LogP contribution is -2.29. The minimum absolute atomic E-state index is 0.260. The number of hydrogen-bond acceptors (Lipinski definition) is 1. The molecule has 0 saturated carbocycles. The van der Waals surface area contributed by atoms with Crippen LogP contribution in [-0.4, -0.2) is 11.7 Å². The topological polar surface area (TPSA) is 24.1 Å². The number of anilines is 1. The maximum atomic E-state index is 13.0. The highest BCUT2D eigenvalue weighted by Gasteiger charge is 1.98. The second kappa shape index (κ2) is 9.73. The van der Waals surface area contributed by atoms with Gasteiger partial charge in [0.2, 0.25) is 0 Å². The Kier molecular flexibility index (Phi) is 8.14. The summed E-state index contributed by atoms with van der Waals surface area (Å²) in [5, 5.41) is 6.67. The SMILES string of the molecule is CCCCCCCCNC(=S)Nc1cccc(F)c1. The lowest BCUT2D eigenvalue weighted by molar-refractivity contribution is 0.603. The Bertz CT molecular complexity index is 382. The third kappa shape index (κ3) is 7.78. The number of thiocarbonyl (C=S) groups is 1. The van der Waals surface area contributed by atoms with Crippen molar-refractivity contribution in [2.75, 3.05) is 11.9 Å². The van der Waals surface area contributed by atoms with Gasteiger partial charge < -0.3 is 10.6 Å². The maximum Gasteiger partial charge on any atom is 0.170 e. The summed E-state index contributed by atoms with van der Waals surface area (Å²) in [5.41, 5.74) is 0.681. The zero-order chi connectivity index (χ0) is 13.9. The van der Waals surface area contributed by atoms with Gasteiger partial charge in [-0.2, -0.15) is 0 Å². The van der Waals surface area contributed by atoms with Crippen LogP contribution < -0.4 is 10.6 Å². The smallest absolute Gasteiger partial charge is 0.170 e. The molecule has 0 aliphatic heterocycles. The molecule has 106 valence electrons. The molecular formula is C15H23FN2S. The van der Waals surface area contributed by atoms with Crippen molar-refractivity contribution in [1.82, 2.24) is 5.32 Å². The van der Waals surface area contributed by atoms with Crippen molar-refractivity contribution in [1.29, 1.82) is 0 Å². The molecule has 0 unspecified atom stereocenters. The van der Waals surface area contributed by atoms with Crippen molar-refractivity contribution in [3.63, 3.8) is 0 Å². The molecule has 0 bridgehead atoms. The molecule has 4 heteroatoms. The van der Waals surface area contributed by atoms with E-state index in [1.165, 1.54) is 44.2 Å². The van der Waals surface area contributed by atoms with Gasteiger partial charge >= 0.3 is 0 Å². The van der Waals surface area contributed by atoms with Crippen LogP contribution in [0.25, 0.3) is 0 Å². The summed E-state index contributed by atoms with van der Waals surface area (Å²) in [7, 11) is 0. The first-order valence-electron chi connectivity index (χ1n) is 7.03. The first-order valence-corrected chi connectivity index (χ1v) is 7.43. The van der Waals surface area contributed by atoms with Crippen molar-refractivity contribution in [2.45, 2.75) is 45.4 Å². The molecule has 0 aliphatic carbocycles. The molecule has 0 spiro atoms. The molecule has 0 saturated heterocycles. The number of benzene rings is 1. The van der Waals surface area contributed by atoms with E-state index in [2.05, 4.69) is 17.6 Å². The highest BCUT2D eigenvalue weighted by molar-refractivity contribution is 7.80. The number of rotatable bonds is 8. The summed E-state index contributed by atoms with van der Waals surface area (Å²) < 4.78 is 13.0. The number of nitrogens with one attached hydrogen (secondary N) is 2. The highest BCUT2D eigenvalue weighted by Crippen LogP contribution is 2.08. The lowest BCUT2D eigenvalue weighted by Gasteiger charge is -2.10. The summed E-state index contributed by atoms with van der Waals surface area (Å²) in [6.07, 6.45) is 7.57. The molecule has 0 fully saturated rings. The summed E-state index contributed by atoms with van der Waals surface area (Å²) >= 11 is 5.15. The normalized spacial score (nSPS) is 10.2. The summed E-state index contributed by atoms with van der Waals surface area (Å²) in [6.45, 7) is 3.09. The predicted molar refractivity (Wildman–Crippen MR) is 84.0 cm³/mol. The molecule has 0 amide bonds. The Hall–Kier alpha value is -1.16. The van der Waals surface area contributed by atoms with E-state index < -0.39 is 0 Å². The fourth-order valence-corrected chi connectivity index (χ4v) is 2.07. The van der Waals surface area contributed by atoms with Crippen LogP contribution >= 0.6 is 12.2 Å². The first-order chi connectivity index (χ1) is 9.22. The van der Waals surface area contributed by atoms with E-state index in [1.807, 2.05) is 0 Å². The lowest BCUT2D eigenvalue weighted by atomic mass is 10.1. The molecule has 0 atom stereocenters. The molecule has 0 heterocycles. The molecule has 0 radical (unpaired) electrons. The molecule has 1 aromatic rings. The minimum Gasteiger partial charge on any atom is -0.362 e. The second-order valence-electron chi connectivity index (χ2n) is 4.66. The quantitative estimate of drug-likeness (QED) is 0.543. The van der Waals surface area contributed by atoms with E-state index >= 15 is 0 Å². The monoisotopic (exact) mass is 282 g/mol. The number of hydrogen-bond donors (Lipinski definition) is 2. The van der Waals surface area contributed by atoms with Crippen molar-refractivity contribution >= 4 is 23.0 Å². The van der Waals surface area contributed by atoms with Crippen LogP contribution in [0.1, 0.15) is 45.4 Å². The van der Waals surface area contributed by atoms with E-state index in [9.17, 15) is 4.39 Å². The standard InChI is InChI=1S/C15H23FN2S/c1-2-3-4-5-6-7-11-17-15(19)18-14-10-8-9-13(16)12-14/h8-10,12H,2-7,11H2,1H3,(H2,17,18,19). The molecule has 2 nitrogen and oxygen atoms in total. The van der Waals surface area contributed by atoms with Gasteiger partial charge in [-0.1, -0.05) is 45.1 Å². The van der Waals surface area contributed by atoms with Crippen LogP contribution in [0, 0.1) is 5.82 Å². The number of unbranched alkanes of at least 4 members (excludes halogenated alkanes) is 5. The van der Waals surface area contributed by atoms with E-state index in [0.717, 1.165) is 13.0 Å². The van der Waals surface area contributed by atoms with E-state index in [1.54, 1.807) is 12.1 Å². The van der Waals surface area contributed by atoms with Crippen LogP contribution in [0.15, 0.2) is 24.3 Å². The average molecular weight is 282 g/mol. The molecular weight excluding hydrogens is 259 g/mol. The third-order valence-electron chi connectivity index (χ3n) is 2.90. The summed E-state index contributed by atoms with van der Waals surface area (Å²) in [6, 6.07) is 6.30. The first kappa shape index (κ1) is 15.9. The summed E-state index contributed by atoms with van der Waals surface area (Å²) in [4.78, 5) is 0. The Balaban J connectivity index is 2.08. The molecule has 2 N–H and O–H groups in total. The van der Waals surface area contributed by atoms with Crippen LogP contribution in [0.4, 0.5) is 10.1 Å². The van der Waals surface area contributed by atoms with Gasteiger partial charge in [-0.3, -0.25) is 0 Å². The largest absolute Gasteiger partial charge is 0.362 e. The van der Waals surface area contributed by atoms with Crippen LogP contribution in [0.2, 0.25) is 0 Å². The van der Waals surface area contributed by atoms with Gasteiger partial charge in [0.05, 0.1) is 0 Å². The van der Waals surface area contributed by atoms with E-state index in [0.29, 0.717) is 10.8 Å². The van der Waals surface area contributed by atoms with Crippen molar-refractivity contribution in [3.05, 3.63) is 30.1 Å². The summed E-state index contributed by atoms with van der Waals surface area (Å²) in [5.74, 6) is -0.260. The molecule has 19 heavy (non-hydrogen) atoms. The number of halogens is 1. The average Bonchev–Trinajstić information content (AvgIpc) is 2.37. The van der Waals surface area contributed by atoms with Crippen LogP contribution in [0.5, 0.6) is 0 Å². The van der Waals surface area contributed by atoms with Gasteiger partial charge in [-0.05, 0) is 36.8 Å². The Morgan fingerprint density at radius 3 is 2.63 bits per heavy atom. The fraction of sp³-hybridized carbons (Fsp3) is 0.533. The van der Waals surface area contributed by atoms with Gasteiger partial charge in [0.15, 0.2) is 5.11 Å². The van der Waals surface area contributed by atoms with Gasteiger partial charge in [0, 0.05) is 12.2 Å². The third-order valence-corrected chi connectivity index (χ3v) is 3.14. The van der Waals surface area contributed by atoms with E-state index in [-0.39, 0.29) is 5.82 Å². The van der Waals surface area contributed by atoms with E-state index in [4.69, 9.17) is 12.2 Å². The highest BCUT2D eigenvalue weighted by atomic mass is 32.1. The Morgan fingerprint density at radius 1 is 1.16 bits per heavy atom. The van der Waals surface area contributed by atoms with Crippen molar-refractivity contribution in [2.24, 2.45) is 0 Å². The van der Waals surface area contributed by atoms with Gasteiger partial charge in [-0.15, -0.1) is 0 Å².